The lowest BCUT2D eigenvalue weighted by Crippen LogP contribution is -2.14. The lowest BCUT2D eigenvalue weighted by atomic mass is 10.6. The van der Waals surface area contributed by atoms with E-state index in [-0.39, 0.29) is 0 Å². The molecular weight excluding hydrogens is 146 g/mol. The Hall–Kier alpha value is -0.570. The van der Waals surface area contributed by atoms with Crippen LogP contribution in [0.1, 0.15) is 20.3 Å². The molecule has 3 heteroatoms. The van der Waals surface area contributed by atoms with Crippen LogP contribution in [0.2, 0.25) is 0 Å². The Morgan fingerprint density at radius 3 is 2.20 bits per heavy atom. The van der Waals surface area contributed by atoms with Crippen LogP contribution in [0, 0.1) is 0 Å². The second-order valence-electron chi connectivity index (χ2n) is 1.55. The number of hydrogen-bond donors (Lipinski definition) is 1. The number of hydrogen-bond acceptors (Lipinski definition) is 2. The summed E-state index contributed by atoms with van der Waals surface area (Å²) in [6.45, 7) is 7.62. The molecule has 0 spiro atoms. The predicted octanol–water partition coefficient (Wildman–Crippen LogP) is 2.07. The minimum Gasteiger partial charge on any atom is -0.474 e. The topological polar surface area (TPSA) is 21.3 Å². The fourth-order valence-corrected chi connectivity index (χ4v) is 0.226. The van der Waals surface area contributed by atoms with Crippen LogP contribution < -0.4 is 5.32 Å². The van der Waals surface area contributed by atoms with Crippen LogP contribution in [0.5, 0.6) is 0 Å². The molecule has 10 heavy (non-hydrogen) atoms. The van der Waals surface area contributed by atoms with Crippen LogP contribution in [0.15, 0.2) is 12.8 Å². The van der Waals surface area contributed by atoms with E-state index in [2.05, 4.69) is 42.7 Å². The molecule has 0 radical (unpaired) electrons. The zero-order chi connectivity index (χ0) is 8.41. The fourth-order valence-electron chi connectivity index (χ4n) is 0.142. The van der Waals surface area contributed by atoms with Crippen molar-refractivity contribution in [2.24, 2.45) is 0 Å². The largest absolute Gasteiger partial charge is 0.474 e. The van der Waals surface area contributed by atoms with Crippen molar-refractivity contribution in [3.63, 3.8) is 0 Å². The summed E-state index contributed by atoms with van der Waals surface area (Å²) >= 11 is 4.55. The van der Waals surface area contributed by atoms with Crippen molar-refractivity contribution in [1.82, 2.24) is 5.32 Å². The number of thiocarbonyl (C=S) groups is 1. The van der Waals surface area contributed by atoms with E-state index >= 15 is 0 Å². The average Bonchev–Trinajstić information content (AvgIpc) is 1.90. The zero-order valence-electron chi connectivity index (χ0n) is 6.81. The summed E-state index contributed by atoms with van der Waals surface area (Å²) in [6, 6.07) is 0. The van der Waals surface area contributed by atoms with Crippen molar-refractivity contribution in [3.05, 3.63) is 12.8 Å². The Morgan fingerprint density at radius 1 is 1.70 bits per heavy atom. The Labute approximate surface area is 68.3 Å². The third kappa shape index (κ3) is 15.7. The van der Waals surface area contributed by atoms with Gasteiger partial charge in [-0.25, -0.2) is 0 Å². The number of ether oxygens (including phenoxy) is 1. The standard InChI is InChI=1S/C4H7NOS.C3H8/c1-3-5-4(7)6-2;1-3-2/h3H,1H2,2H3,(H,5,7);3H2,1-2H3. The van der Waals surface area contributed by atoms with Crippen molar-refractivity contribution < 1.29 is 4.74 Å². The molecule has 0 amide bonds. The highest BCUT2D eigenvalue weighted by atomic mass is 32.1. The molecule has 0 saturated carbocycles. The monoisotopic (exact) mass is 161 g/mol. The maximum atomic E-state index is 4.55. The van der Waals surface area contributed by atoms with Crippen LogP contribution >= 0.6 is 12.2 Å². The highest BCUT2D eigenvalue weighted by molar-refractivity contribution is 7.80. The molecule has 0 fully saturated rings. The van der Waals surface area contributed by atoms with Crippen LogP contribution in [-0.2, 0) is 4.74 Å². The quantitative estimate of drug-likeness (QED) is 0.595. The Balaban J connectivity index is 0. The van der Waals surface area contributed by atoms with Crippen LogP contribution in [0.25, 0.3) is 0 Å². The third-order valence-electron chi connectivity index (χ3n) is 0.405. The highest BCUT2D eigenvalue weighted by Crippen LogP contribution is 1.68. The van der Waals surface area contributed by atoms with E-state index in [1.54, 1.807) is 0 Å². The van der Waals surface area contributed by atoms with Gasteiger partial charge >= 0.3 is 0 Å². The molecule has 2 nitrogen and oxygen atoms in total. The van der Waals surface area contributed by atoms with Crippen molar-refractivity contribution in [1.29, 1.82) is 0 Å². The molecule has 1 N–H and O–H groups in total. The minimum absolute atomic E-state index is 0.343. The molecule has 0 aromatic heterocycles. The molecule has 0 aliphatic rings. The van der Waals surface area contributed by atoms with Gasteiger partial charge in [-0.2, -0.15) is 0 Å². The van der Waals surface area contributed by atoms with Crippen LogP contribution in [0.3, 0.4) is 0 Å². The number of rotatable bonds is 1. The average molecular weight is 161 g/mol. The molecule has 0 saturated heterocycles. The van der Waals surface area contributed by atoms with Crippen LogP contribution in [0.4, 0.5) is 0 Å². The molecule has 0 aromatic rings. The van der Waals surface area contributed by atoms with E-state index in [0.717, 1.165) is 0 Å². The van der Waals surface area contributed by atoms with Gasteiger partial charge in [0.05, 0.1) is 7.11 Å². The van der Waals surface area contributed by atoms with E-state index in [0.29, 0.717) is 5.17 Å². The van der Waals surface area contributed by atoms with Gasteiger partial charge < -0.3 is 10.1 Å². The first kappa shape index (κ1) is 12.1. The smallest absolute Gasteiger partial charge is 0.260 e. The molecule has 0 aromatic carbocycles. The van der Waals surface area contributed by atoms with Crippen molar-refractivity contribution in [2.45, 2.75) is 20.3 Å². The van der Waals surface area contributed by atoms with Crippen molar-refractivity contribution in [3.8, 4) is 0 Å². The zero-order valence-corrected chi connectivity index (χ0v) is 7.62. The first-order valence-corrected chi connectivity index (χ1v) is 3.59. The summed E-state index contributed by atoms with van der Waals surface area (Å²) < 4.78 is 4.54. The van der Waals surface area contributed by atoms with E-state index in [4.69, 9.17) is 0 Å². The summed E-state index contributed by atoms with van der Waals surface area (Å²) in [6.07, 6.45) is 2.71. The first-order valence-electron chi connectivity index (χ1n) is 3.18. The summed E-state index contributed by atoms with van der Waals surface area (Å²) in [5.41, 5.74) is 0. The summed E-state index contributed by atoms with van der Waals surface area (Å²) in [7, 11) is 1.50. The number of methoxy groups -OCH3 is 1. The summed E-state index contributed by atoms with van der Waals surface area (Å²) in [5, 5.41) is 2.91. The first-order chi connectivity index (χ1) is 4.72. The minimum atomic E-state index is 0.343. The van der Waals surface area contributed by atoms with E-state index in [9.17, 15) is 0 Å². The normalized spacial score (nSPS) is 6.70. The van der Waals surface area contributed by atoms with Gasteiger partial charge in [0.2, 0.25) is 0 Å². The highest BCUT2D eigenvalue weighted by Gasteiger charge is 1.80. The predicted molar refractivity (Wildman–Crippen MR) is 48.9 cm³/mol. The Kier molecular flexibility index (Phi) is 13.7. The Bertz CT molecular complexity index is 93.6. The lowest BCUT2D eigenvalue weighted by Gasteiger charge is -1.96. The summed E-state index contributed by atoms with van der Waals surface area (Å²) in [5.74, 6) is 0. The van der Waals surface area contributed by atoms with Gasteiger partial charge in [-0.15, -0.1) is 0 Å². The van der Waals surface area contributed by atoms with Gasteiger partial charge in [0.25, 0.3) is 5.17 Å². The van der Waals surface area contributed by atoms with E-state index in [1.165, 1.54) is 19.7 Å². The van der Waals surface area contributed by atoms with Crippen molar-refractivity contribution >= 4 is 17.4 Å². The molecule has 0 rings (SSSR count). The van der Waals surface area contributed by atoms with Crippen molar-refractivity contribution in [2.75, 3.05) is 7.11 Å². The van der Waals surface area contributed by atoms with Gasteiger partial charge in [-0.1, -0.05) is 26.8 Å². The third-order valence-corrected chi connectivity index (χ3v) is 0.690. The van der Waals surface area contributed by atoms with E-state index in [1.807, 2.05) is 0 Å². The fraction of sp³-hybridized carbons (Fsp3) is 0.571. The van der Waals surface area contributed by atoms with Gasteiger partial charge in [-0.05, 0) is 18.4 Å². The van der Waals surface area contributed by atoms with Gasteiger partial charge in [-0.3, -0.25) is 0 Å². The van der Waals surface area contributed by atoms with Gasteiger partial charge in [0.1, 0.15) is 0 Å². The maximum Gasteiger partial charge on any atom is 0.260 e. The Morgan fingerprint density at radius 2 is 2.10 bits per heavy atom. The summed E-state index contributed by atoms with van der Waals surface area (Å²) in [4.78, 5) is 0. The SMILES string of the molecule is C=CNC(=S)OC.CCC. The number of nitrogens with one attached hydrogen (secondary N) is 1. The molecule has 0 bridgehead atoms. The second kappa shape index (κ2) is 11.3. The molecule has 0 aliphatic heterocycles. The molecule has 0 aliphatic carbocycles. The van der Waals surface area contributed by atoms with E-state index < -0.39 is 0 Å². The van der Waals surface area contributed by atoms with Gasteiger partial charge in [0, 0.05) is 0 Å². The second-order valence-corrected chi connectivity index (χ2v) is 1.92. The molecule has 0 atom stereocenters. The van der Waals surface area contributed by atoms with Crippen LogP contribution in [-0.4, -0.2) is 12.3 Å². The molecule has 60 valence electrons. The molecule has 0 heterocycles. The molecule has 0 unspecified atom stereocenters. The maximum absolute atomic E-state index is 4.55. The molecular formula is C7H15NOS. The lowest BCUT2D eigenvalue weighted by molar-refractivity contribution is 0.400. The van der Waals surface area contributed by atoms with Gasteiger partial charge in [0.15, 0.2) is 0 Å².